The molecule has 1 fully saturated rings. The Morgan fingerprint density at radius 3 is 2.55 bits per heavy atom. The third kappa shape index (κ3) is 3.15. The molecule has 2 aromatic rings. The van der Waals surface area contributed by atoms with Crippen LogP contribution >= 0.6 is 11.3 Å². The van der Waals surface area contributed by atoms with Crippen molar-refractivity contribution in [3.8, 4) is 0 Å². The Bertz CT molecular complexity index is 710. The third-order valence-corrected chi connectivity index (χ3v) is 4.09. The van der Waals surface area contributed by atoms with E-state index in [-0.39, 0.29) is 11.8 Å². The number of thiophene rings is 1. The van der Waals surface area contributed by atoms with E-state index in [1.165, 1.54) is 11.3 Å². The minimum absolute atomic E-state index is 0.0953. The molecule has 1 aromatic heterocycles. The first-order valence-electron chi connectivity index (χ1n) is 6.65. The molecule has 22 heavy (non-hydrogen) atoms. The van der Waals surface area contributed by atoms with Crippen molar-refractivity contribution >= 4 is 34.9 Å². The molecule has 0 bridgehead atoms. The Hall–Kier alpha value is -2.67. The predicted molar refractivity (Wildman–Crippen MR) is 82.5 cm³/mol. The van der Waals surface area contributed by atoms with Gasteiger partial charge in [0.1, 0.15) is 6.04 Å². The highest BCUT2D eigenvalue weighted by molar-refractivity contribution is 7.10. The topological polar surface area (TPSA) is 87.3 Å². The molecule has 1 unspecified atom stereocenters. The van der Waals surface area contributed by atoms with Crippen LogP contribution in [0.2, 0.25) is 0 Å². The summed E-state index contributed by atoms with van der Waals surface area (Å²) in [6, 6.07) is 9.47. The second kappa shape index (κ2) is 5.98. The smallest absolute Gasteiger partial charge is 0.322 e. The minimum Gasteiger partial charge on any atom is -0.326 e. The number of benzene rings is 1. The summed E-state index contributed by atoms with van der Waals surface area (Å²) in [6.07, 6.45) is 0.334. The third-order valence-electron chi connectivity index (χ3n) is 3.22. The molecule has 7 heteroatoms. The van der Waals surface area contributed by atoms with Crippen LogP contribution in [0.4, 0.5) is 10.5 Å². The summed E-state index contributed by atoms with van der Waals surface area (Å²) in [5.41, 5.74) is 1.31. The Labute approximate surface area is 130 Å². The molecular weight excluding hydrogens is 302 g/mol. The van der Waals surface area contributed by atoms with E-state index in [2.05, 4.69) is 16.0 Å². The lowest BCUT2D eigenvalue weighted by atomic mass is 10.1. The zero-order valence-electron chi connectivity index (χ0n) is 11.5. The average Bonchev–Trinajstić information content (AvgIpc) is 3.09. The van der Waals surface area contributed by atoms with Crippen LogP contribution < -0.4 is 16.0 Å². The van der Waals surface area contributed by atoms with E-state index in [1.54, 1.807) is 24.3 Å². The van der Waals surface area contributed by atoms with Crippen LogP contribution in [0, 0.1) is 0 Å². The number of rotatable bonds is 4. The monoisotopic (exact) mass is 315 g/mol. The van der Waals surface area contributed by atoms with Gasteiger partial charge in [0.25, 0.3) is 5.91 Å². The summed E-state index contributed by atoms with van der Waals surface area (Å²) in [7, 11) is 0. The second-order valence-corrected chi connectivity index (χ2v) is 5.85. The zero-order chi connectivity index (χ0) is 15.5. The van der Waals surface area contributed by atoms with Gasteiger partial charge in [-0.15, -0.1) is 11.3 Å². The van der Waals surface area contributed by atoms with E-state index in [1.807, 2.05) is 17.5 Å². The number of anilines is 1. The molecule has 112 valence electrons. The number of amides is 4. The number of urea groups is 1. The Kier molecular flexibility index (Phi) is 3.88. The maximum absolute atomic E-state index is 11.9. The molecule has 0 saturated carbocycles. The summed E-state index contributed by atoms with van der Waals surface area (Å²) >= 11 is 1.54. The molecular formula is C15H13N3O3S. The van der Waals surface area contributed by atoms with Gasteiger partial charge in [-0.1, -0.05) is 18.2 Å². The summed E-state index contributed by atoms with van der Waals surface area (Å²) in [5, 5.41) is 9.43. The van der Waals surface area contributed by atoms with Gasteiger partial charge in [0.05, 0.1) is 6.42 Å². The first-order valence-corrected chi connectivity index (χ1v) is 7.53. The molecule has 1 aromatic carbocycles. The molecule has 2 heterocycles. The highest BCUT2D eigenvalue weighted by Gasteiger charge is 2.30. The highest BCUT2D eigenvalue weighted by atomic mass is 32.1. The quantitative estimate of drug-likeness (QED) is 0.752. The molecule has 1 aliphatic heterocycles. The summed E-state index contributed by atoms with van der Waals surface area (Å²) in [4.78, 5) is 35.6. The standard InChI is InChI=1S/C15H13N3O3S/c19-12(8-11-2-1-7-22-11)16-10-5-3-9(4-6-10)13-14(20)18-15(21)17-13/h1-7,13H,8H2,(H,16,19)(H2,17,18,20,21). The van der Waals surface area contributed by atoms with Crippen molar-refractivity contribution in [1.82, 2.24) is 10.6 Å². The van der Waals surface area contributed by atoms with Crippen molar-refractivity contribution in [3.05, 3.63) is 52.2 Å². The molecule has 0 radical (unpaired) electrons. The fraction of sp³-hybridized carbons (Fsp3) is 0.133. The molecule has 1 aliphatic rings. The fourth-order valence-electron chi connectivity index (χ4n) is 2.19. The van der Waals surface area contributed by atoms with Gasteiger partial charge in [-0.2, -0.15) is 0 Å². The molecule has 4 amide bonds. The molecule has 0 spiro atoms. The van der Waals surface area contributed by atoms with Crippen LogP contribution in [0.1, 0.15) is 16.5 Å². The van der Waals surface area contributed by atoms with Gasteiger partial charge in [0.15, 0.2) is 0 Å². The van der Waals surface area contributed by atoms with Crippen molar-refractivity contribution in [1.29, 1.82) is 0 Å². The number of hydrogen-bond donors (Lipinski definition) is 3. The van der Waals surface area contributed by atoms with Crippen LogP contribution in [0.3, 0.4) is 0 Å². The first-order chi connectivity index (χ1) is 10.6. The van der Waals surface area contributed by atoms with E-state index >= 15 is 0 Å². The molecule has 0 aliphatic carbocycles. The SMILES string of the molecule is O=C(Cc1cccs1)Nc1ccc(C2NC(=O)NC2=O)cc1. The molecule has 1 saturated heterocycles. The maximum atomic E-state index is 11.9. The van der Waals surface area contributed by atoms with Gasteiger partial charge in [-0.05, 0) is 29.1 Å². The highest BCUT2D eigenvalue weighted by Crippen LogP contribution is 2.19. The lowest BCUT2D eigenvalue weighted by Crippen LogP contribution is -2.22. The van der Waals surface area contributed by atoms with Crippen LogP contribution in [0.25, 0.3) is 0 Å². The second-order valence-electron chi connectivity index (χ2n) is 4.82. The van der Waals surface area contributed by atoms with E-state index in [4.69, 9.17) is 0 Å². The van der Waals surface area contributed by atoms with Crippen LogP contribution in [0.15, 0.2) is 41.8 Å². The summed E-state index contributed by atoms with van der Waals surface area (Å²) in [6.45, 7) is 0. The van der Waals surface area contributed by atoms with Crippen molar-refractivity contribution < 1.29 is 14.4 Å². The number of imide groups is 1. The van der Waals surface area contributed by atoms with Crippen molar-refractivity contribution in [3.63, 3.8) is 0 Å². The molecule has 3 N–H and O–H groups in total. The van der Waals surface area contributed by atoms with E-state index in [0.717, 1.165) is 4.88 Å². The average molecular weight is 315 g/mol. The van der Waals surface area contributed by atoms with Crippen LogP contribution in [-0.2, 0) is 16.0 Å². The van der Waals surface area contributed by atoms with E-state index in [9.17, 15) is 14.4 Å². The van der Waals surface area contributed by atoms with Crippen LogP contribution in [0.5, 0.6) is 0 Å². The Morgan fingerprint density at radius 1 is 1.18 bits per heavy atom. The zero-order valence-corrected chi connectivity index (χ0v) is 12.3. The maximum Gasteiger partial charge on any atom is 0.322 e. The van der Waals surface area contributed by atoms with Crippen molar-refractivity contribution in [2.45, 2.75) is 12.5 Å². The normalized spacial score (nSPS) is 17.0. The van der Waals surface area contributed by atoms with E-state index in [0.29, 0.717) is 17.7 Å². The van der Waals surface area contributed by atoms with Gasteiger partial charge < -0.3 is 10.6 Å². The Morgan fingerprint density at radius 2 is 1.95 bits per heavy atom. The lowest BCUT2D eigenvalue weighted by Gasteiger charge is -2.09. The molecule has 6 nitrogen and oxygen atoms in total. The largest absolute Gasteiger partial charge is 0.326 e. The Balaban J connectivity index is 1.63. The fourth-order valence-corrected chi connectivity index (χ4v) is 2.89. The number of hydrogen-bond acceptors (Lipinski definition) is 4. The number of carbonyl (C=O) groups is 3. The van der Waals surface area contributed by atoms with Gasteiger partial charge in [0, 0.05) is 10.6 Å². The van der Waals surface area contributed by atoms with Gasteiger partial charge >= 0.3 is 6.03 Å². The molecule has 3 rings (SSSR count). The molecule has 1 atom stereocenters. The summed E-state index contributed by atoms with van der Waals surface area (Å²) in [5.74, 6) is -0.471. The minimum atomic E-state index is -0.677. The first kappa shape index (κ1) is 14.3. The van der Waals surface area contributed by atoms with Crippen molar-refractivity contribution in [2.24, 2.45) is 0 Å². The summed E-state index contributed by atoms with van der Waals surface area (Å²) < 4.78 is 0. The van der Waals surface area contributed by atoms with Gasteiger partial charge in [0.2, 0.25) is 5.91 Å². The van der Waals surface area contributed by atoms with Gasteiger partial charge in [-0.3, -0.25) is 14.9 Å². The predicted octanol–water partition coefficient (Wildman–Crippen LogP) is 1.81. The lowest BCUT2D eigenvalue weighted by molar-refractivity contribution is -0.120. The van der Waals surface area contributed by atoms with Gasteiger partial charge in [-0.25, -0.2) is 4.79 Å². The van der Waals surface area contributed by atoms with Crippen LogP contribution in [-0.4, -0.2) is 17.8 Å². The number of carbonyl (C=O) groups excluding carboxylic acids is 3. The number of nitrogens with one attached hydrogen (secondary N) is 3. The van der Waals surface area contributed by atoms with Crippen molar-refractivity contribution in [2.75, 3.05) is 5.32 Å². The van der Waals surface area contributed by atoms with E-state index < -0.39 is 12.1 Å².